The molecule has 1 aliphatic heterocycles. The molecule has 0 saturated carbocycles. The van der Waals surface area contributed by atoms with E-state index in [1.54, 1.807) is 11.0 Å². The largest absolute Gasteiger partial charge is 0.481 e. The van der Waals surface area contributed by atoms with Crippen molar-refractivity contribution < 1.29 is 19.1 Å². The Morgan fingerprint density at radius 3 is 2.70 bits per heavy atom. The van der Waals surface area contributed by atoms with Gasteiger partial charge in [0.25, 0.3) is 5.91 Å². The molecule has 3 N–H and O–H groups in total. The highest BCUT2D eigenvalue weighted by atomic mass is 19.1. The van der Waals surface area contributed by atoms with Crippen LogP contribution in [0.1, 0.15) is 30.1 Å². The summed E-state index contributed by atoms with van der Waals surface area (Å²) in [5.74, 6) is -2.39. The minimum absolute atomic E-state index is 0.176. The molecule has 1 fully saturated rings. The minimum atomic E-state index is -0.862. The predicted octanol–water partition coefficient (Wildman–Crippen LogP) is 1.62. The van der Waals surface area contributed by atoms with Crippen LogP contribution < -0.4 is 10.6 Å². The number of rotatable bonds is 4. The number of nitrogens with two attached hydrogens (primary N) is 1. The van der Waals surface area contributed by atoms with E-state index in [2.05, 4.69) is 0 Å². The molecule has 2 rings (SSSR count). The Morgan fingerprint density at radius 1 is 1.50 bits per heavy atom. The van der Waals surface area contributed by atoms with Crippen LogP contribution in [0.5, 0.6) is 0 Å². The number of hydrogen-bond acceptors (Lipinski definition) is 3. The second kappa shape index (κ2) is 5.11. The van der Waals surface area contributed by atoms with Gasteiger partial charge in [0, 0.05) is 13.1 Å². The van der Waals surface area contributed by atoms with Crippen molar-refractivity contribution in [2.24, 2.45) is 11.1 Å². The first kappa shape index (κ1) is 14.3. The Hall–Kier alpha value is -2.11. The van der Waals surface area contributed by atoms with Gasteiger partial charge in [0.1, 0.15) is 5.82 Å². The van der Waals surface area contributed by atoms with Crippen LogP contribution in [-0.4, -0.2) is 30.1 Å². The highest BCUT2D eigenvalue weighted by molar-refractivity contribution is 5.99. The van der Waals surface area contributed by atoms with Crippen molar-refractivity contribution in [2.45, 2.75) is 19.8 Å². The molecule has 1 saturated heterocycles. The number of anilines is 1. The molecule has 1 amide bonds. The lowest BCUT2D eigenvalue weighted by Gasteiger charge is -2.25. The summed E-state index contributed by atoms with van der Waals surface area (Å²) in [5.41, 5.74) is 4.57. The molecule has 1 unspecified atom stereocenters. The van der Waals surface area contributed by atoms with Crippen LogP contribution in [0.2, 0.25) is 0 Å². The van der Waals surface area contributed by atoms with E-state index in [4.69, 9.17) is 5.73 Å². The van der Waals surface area contributed by atoms with E-state index in [1.807, 2.05) is 6.92 Å². The summed E-state index contributed by atoms with van der Waals surface area (Å²) in [6.45, 7) is 2.53. The van der Waals surface area contributed by atoms with E-state index in [0.29, 0.717) is 25.1 Å². The zero-order chi connectivity index (χ0) is 14.9. The zero-order valence-electron chi connectivity index (χ0n) is 11.2. The van der Waals surface area contributed by atoms with Gasteiger partial charge >= 0.3 is 5.97 Å². The summed E-state index contributed by atoms with van der Waals surface area (Å²) in [5, 5.41) is 9.37. The lowest BCUT2D eigenvalue weighted by atomic mass is 9.84. The quantitative estimate of drug-likeness (QED) is 0.877. The number of benzene rings is 1. The van der Waals surface area contributed by atoms with Crippen LogP contribution in [0, 0.1) is 11.2 Å². The first-order valence-corrected chi connectivity index (χ1v) is 6.48. The maximum Gasteiger partial charge on any atom is 0.311 e. The summed E-state index contributed by atoms with van der Waals surface area (Å²) < 4.78 is 13.7. The molecule has 1 aromatic carbocycles. The monoisotopic (exact) mass is 280 g/mol. The van der Waals surface area contributed by atoms with E-state index in [0.717, 1.165) is 0 Å². The number of nitrogens with zero attached hydrogens (tertiary/aromatic N) is 1. The number of halogens is 1. The second-order valence-electron chi connectivity index (χ2n) is 5.11. The van der Waals surface area contributed by atoms with Gasteiger partial charge in [-0.05, 0) is 25.0 Å². The molecular weight excluding hydrogens is 263 g/mol. The Bertz CT molecular complexity index is 561. The summed E-state index contributed by atoms with van der Waals surface area (Å²) in [4.78, 5) is 24.6. The lowest BCUT2D eigenvalue weighted by Crippen LogP contribution is -2.34. The van der Waals surface area contributed by atoms with Gasteiger partial charge in [-0.15, -0.1) is 0 Å². The van der Waals surface area contributed by atoms with Gasteiger partial charge in [0.2, 0.25) is 0 Å². The normalized spacial score (nSPS) is 22.0. The molecule has 20 heavy (non-hydrogen) atoms. The fraction of sp³-hybridized carbons (Fsp3) is 0.429. The van der Waals surface area contributed by atoms with Crippen molar-refractivity contribution in [3.05, 3.63) is 29.6 Å². The van der Waals surface area contributed by atoms with Gasteiger partial charge in [-0.25, -0.2) is 4.39 Å². The molecule has 1 heterocycles. The van der Waals surface area contributed by atoms with Crippen LogP contribution >= 0.6 is 0 Å². The Kier molecular flexibility index (Phi) is 3.65. The average Bonchev–Trinajstić information content (AvgIpc) is 2.83. The number of aliphatic carboxylic acids is 1. The van der Waals surface area contributed by atoms with Crippen LogP contribution in [0.4, 0.5) is 10.1 Å². The summed E-state index contributed by atoms with van der Waals surface area (Å²) in [6.07, 6.45) is 0.952. The van der Waals surface area contributed by atoms with Crippen molar-refractivity contribution >= 4 is 17.6 Å². The van der Waals surface area contributed by atoms with Crippen molar-refractivity contribution in [3.8, 4) is 0 Å². The van der Waals surface area contributed by atoms with E-state index >= 15 is 0 Å². The van der Waals surface area contributed by atoms with Crippen molar-refractivity contribution in [1.82, 2.24) is 0 Å². The molecule has 1 atom stereocenters. The van der Waals surface area contributed by atoms with Crippen molar-refractivity contribution in [2.75, 3.05) is 18.0 Å². The molecule has 6 heteroatoms. The van der Waals surface area contributed by atoms with Gasteiger partial charge in [0.05, 0.1) is 16.7 Å². The number of carbonyl (C=O) groups is 2. The SMILES string of the molecule is CCC1(C(=O)O)CCN(c2cccc(F)c2C(N)=O)C1. The first-order chi connectivity index (χ1) is 9.41. The fourth-order valence-corrected chi connectivity index (χ4v) is 2.71. The minimum Gasteiger partial charge on any atom is -0.481 e. The second-order valence-corrected chi connectivity index (χ2v) is 5.11. The number of carbonyl (C=O) groups excluding carboxylic acids is 1. The van der Waals surface area contributed by atoms with Gasteiger partial charge < -0.3 is 15.7 Å². The van der Waals surface area contributed by atoms with E-state index < -0.39 is 23.1 Å². The Labute approximate surface area is 116 Å². The highest BCUT2D eigenvalue weighted by Gasteiger charge is 2.44. The molecule has 1 aliphatic rings. The molecule has 5 nitrogen and oxygen atoms in total. The number of primary amides is 1. The van der Waals surface area contributed by atoms with Gasteiger partial charge in [-0.2, -0.15) is 0 Å². The summed E-state index contributed by atoms with van der Waals surface area (Å²) in [6, 6.07) is 4.25. The number of amides is 1. The third-order valence-corrected chi connectivity index (χ3v) is 4.06. The molecule has 0 bridgehead atoms. The maximum atomic E-state index is 13.7. The predicted molar refractivity (Wildman–Crippen MR) is 72.1 cm³/mol. The number of carboxylic acids is 1. The standard InChI is InChI=1S/C14H17FN2O3/c1-2-14(13(19)20)6-7-17(8-14)10-5-3-4-9(15)11(10)12(16)18/h3-5H,2,6-8H2,1H3,(H2,16,18)(H,19,20). The average molecular weight is 280 g/mol. The van der Waals surface area contributed by atoms with E-state index in [1.165, 1.54) is 12.1 Å². The van der Waals surface area contributed by atoms with E-state index in [-0.39, 0.29) is 12.1 Å². The molecule has 0 radical (unpaired) electrons. The van der Waals surface area contributed by atoms with Crippen LogP contribution in [0.3, 0.4) is 0 Å². The highest BCUT2D eigenvalue weighted by Crippen LogP contribution is 2.38. The molecular formula is C14H17FN2O3. The number of hydrogen-bond donors (Lipinski definition) is 2. The number of carboxylic acid groups (broad SMARTS) is 1. The van der Waals surface area contributed by atoms with Crippen molar-refractivity contribution in [1.29, 1.82) is 0 Å². The molecule has 1 aromatic rings. The van der Waals surface area contributed by atoms with Crippen molar-refractivity contribution in [3.63, 3.8) is 0 Å². The Morgan fingerprint density at radius 2 is 2.20 bits per heavy atom. The smallest absolute Gasteiger partial charge is 0.311 e. The fourth-order valence-electron chi connectivity index (χ4n) is 2.71. The topological polar surface area (TPSA) is 83.6 Å². The van der Waals surface area contributed by atoms with Gasteiger partial charge in [-0.3, -0.25) is 9.59 Å². The van der Waals surface area contributed by atoms with Crippen LogP contribution in [0.25, 0.3) is 0 Å². The maximum absolute atomic E-state index is 13.7. The summed E-state index contributed by atoms with van der Waals surface area (Å²) in [7, 11) is 0. The first-order valence-electron chi connectivity index (χ1n) is 6.48. The summed E-state index contributed by atoms with van der Waals surface area (Å²) >= 11 is 0. The van der Waals surface area contributed by atoms with Crippen LogP contribution in [-0.2, 0) is 4.79 Å². The van der Waals surface area contributed by atoms with E-state index in [9.17, 15) is 19.1 Å². The molecule has 0 aliphatic carbocycles. The molecule has 0 aromatic heterocycles. The Balaban J connectivity index is 2.38. The molecule has 108 valence electrons. The third-order valence-electron chi connectivity index (χ3n) is 4.06. The lowest BCUT2D eigenvalue weighted by molar-refractivity contribution is -0.147. The molecule has 0 spiro atoms. The van der Waals surface area contributed by atoms with Gasteiger partial charge in [-0.1, -0.05) is 13.0 Å². The zero-order valence-corrected chi connectivity index (χ0v) is 11.2. The van der Waals surface area contributed by atoms with Gasteiger partial charge in [0.15, 0.2) is 0 Å². The third kappa shape index (κ3) is 2.21. The van der Waals surface area contributed by atoms with Crippen LogP contribution in [0.15, 0.2) is 18.2 Å².